The Morgan fingerprint density at radius 2 is 1.68 bits per heavy atom. The van der Waals surface area contributed by atoms with Crippen LogP contribution in [0.25, 0.3) is 0 Å². The van der Waals surface area contributed by atoms with Crippen LogP contribution in [0.15, 0.2) is 24.3 Å². The molecule has 0 unspecified atom stereocenters. The minimum atomic E-state index is -0.468. The number of ketones is 1. The van der Waals surface area contributed by atoms with Crippen LogP contribution >= 0.6 is 0 Å². The molecule has 0 saturated carbocycles. The van der Waals surface area contributed by atoms with E-state index in [9.17, 15) is 4.79 Å². The van der Waals surface area contributed by atoms with Crippen LogP contribution in [0.5, 0.6) is 0 Å². The lowest BCUT2D eigenvalue weighted by Gasteiger charge is -2.36. The average Bonchev–Trinajstić information content (AvgIpc) is 2.56. The number of likely N-dealkylation sites (N-methyl/N-ethyl adjacent to an activating group) is 1. The molecule has 4 nitrogen and oxygen atoms in total. The normalized spacial score (nSPS) is 16.1. The Kier molecular flexibility index (Phi) is 5.59. The molecule has 0 aromatic heterocycles. The maximum Gasteiger partial charge on any atom is 0.182 e. The zero-order chi connectivity index (χ0) is 16.2. The van der Waals surface area contributed by atoms with Crippen molar-refractivity contribution in [1.29, 1.82) is 0 Å². The van der Waals surface area contributed by atoms with Gasteiger partial charge in [0.15, 0.2) is 5.78 Å². The minimum absolute atomic E-state index is 0.185. The number of carbonyl (C=O) groups is 1. The van der Waals surface area contributed by atoms with E-state index in [-0.39, 0.29) is 5.78 Å². The molecule has 1 saturated heterocycles. The van der Waals surface area contributed by atoms with Crippen molar-refractivity contribution in [2.45, 2.75) is 33.2 Å². The van der Waals surface area contributed by atoms with Gasteiger partial charge < -0.3 is 9.64 Å². The summed E-state index contributed by atoms with van der Waals surface area (Å²) >= 11 is 0. The Hall–Kier alpha value is -1.39. The summed E-state index contributed by atoms with van der Waals surface area (Å²) in [5, 5.41) is 0. The van der Waals surface area contributed by atoms with Crippen molar-refractivity contribution < 1.29 is 9.53 Å². The number of benzene rings is 1. The van der Waals surface area contributed by atoms with E-state index in [1.54, 1.807) is 0 Å². The highest BCUT2D eigenvalue weighted by Crippen LogP contribution is 2.23. The van der Waals surface area contributed by atoms with E-state index in [2.05, 4.69) is 35.8 Å². The third kappa shape index (κ3) is 3.50. The largest absolute Gasteiger partial charge is 0.378 e. The van der Waals surface area contributed by atoms with Crippen molar-refractivity contribution in [3.8, 4) is 0 Å². The molecule has 4 heteroatoms. The van der Waals surface area contributed by atoms with Crippen molar-refractivity contribution in [1.82, 2.24) is 4.90 Å². The van der Waals surface area contributed by atoms with Crippen LogP contribution in [0.4, 0.5) is 5.69 Å². The second-order valence-corrected chi connectivity index (χ2v) is 6.21. The van der Waals surface area contributed by atoms with Crippen LogP contribution in [-0.2, 0) is 4.74 Å². The van der Waals surface area contributed by atoms with Crippen LogP contribution in [0, 0.1) is 0 Å². The molecule has 1 aliphatic rings. The van der Waals surface area contributed by atoms with E-state index in [1.165, 1.54) is 5.69 Å². The second kappa shape index (κ2) is 7.25. The number of ether oxygens (including phenoxy) is 1. The molecule has 1 heterocycles. The average molecular weight is 304 g/mol. The third-order valence-electron chi connectivity index (χ3n) is 4.62. The summed E-state index contributed by atoms with van der Waals surface area (Å²) in [6.07, 6.45) is 0. The summed E-state index contributed by atoms with van der Waals surface area (Å²) in [5.41, 5.74) is 1.48. The lowest BCUT2D eigenvalue weighted by molar-refractivity contribution is 0.0669. The maximum atomic E-state index is 12.8. The Labute approximate surface area is 134 Å². The van der Waals surface area contributed by atoms with E-state index < -0.39 is 5.54 Å². The number of hydrogen-bond donors (Lipinski definition) is 0. The predicted octanol–water partition coefficient (Wildman–Crippen LogP) is 2.83. The van der Waals surface area contributed by atoms with E-state index >= 15 is 0 Å². The van der Waals surface area contributed by atoms with Gasteiger partial charge in [-0.1, -0.05) is 13.8 Å². The van der Waals surface area contributed by atoms with Gasteiger partial charge >= 0.3 is 0 Å². The number of carbonyl (C=O) groups excluding carboxylic acids is 1. The first kappa shape index (κ1) is 17.0. The number of Topliss-reactive ketones (excluding diaryl/α,β-unsaturated/α-hetero) is 1. The molecule has 1 fully saturated rings. The zero-order valence-corrected chi connectivity index (χ0v) is 14.3. The number of anilines is 1. The lowest BCUT2D eigenvalue weighted by atomic mass is 9.91. The summed E-state index contributed by atoms with van der Waals surface area (Å²) in [5.74, 6) is 0.185. The summed E-state index contributed by atoms with van der Waals surface area (Å²) < 4.78 is 5.38. The Morgan fingerprint density at radius 1 is 1.14 bits per heavy atom. The molecule has 1 aromatic rings. The van der Waals surface area contributed by atoms with E-state index in [0.29, 0.717) is 0 Å². The van der Waals surface area contributed by atoms with Crippen molar-refractivity contribution in [2.75, 3.05) is 44.3 Å². The Balaban J connectivity index is 2.13. The van der Waals surface area contributed by atoms with Crippen LogP contribution in [-0.4, -0.2) is 55.6 Å². The monoisotopic (exact) mass is 304 g/mol. The number of hydrogen-bond acceptors (Lipinski definition) is 4. The molecule has 0 amide bonds. The van der Waals surface area contributed by atoms with Gasteiger partial charge in [-0.3, -0.25) is 9.69 Å². The van der Waals surface area contributed by atoms with Gasteiger partial charge in [0, 0.05) is 24.3 Å². The molecular formula is C18H28N2O2. The SMILES string of the molecule is CCN(CC)C(C)(C)C(=O)c1ccc(N2CCOCC2)cc1. The van der Waals surface area contributed by atoms with Crippen molar-refractivity contribution >= 4 is 11.5 Å². The minimum Gasteiger partial charge on any atom is -0.378 e. The van der Waals surface area contributed by atoms with Gasteiger partial charge in [0.25, 0.3) is 0 Å². The van der Waals surface area contributed by atoms with Gasteiger partial charge in [0.2, 0.25) is 0 Å². The molecule has 0 aliphatic carbocycles. The summed E-state index contributed by atoms with van der Waals surface area (Å²) in [6.45, 7) is 13.3. The predicted molar refractivity (Wildman–Crippen MR) is 90.8 cm³/mol. The van der Waals surface area contributed by atoms with Crippen LogP contribution in [0.1, 0.15) is 38.1 Å². The molecule has 1 aromatic carbocycles. The lowest BCUT2D eigenvalue weighted by Crippen LogP contribution is -2.49. The molecule has 1 aliphatic heterocycles. The fraction of sp³-hybridized carbons (Fsp3) is 0.611. The topological polar surface area (TPSA) is 32.8 Å². The molecule has 0 radical (unpaired) electrons. The number of rotatable bonds is 6. The van der Waals surface area contributed by atoms with Crippen LogP contribution in [0.3, 0.4) is 0 Å². The quantitative estimate of drug-likeness (QED) is 0.757. The van der Waals surface area contributed by atoms with E-state index in [4.69, 9.17) is 4.74 Å². The van der Waals surface area contributed by atoms with Crippen molar-refractivity contribution in [3.05, 3.63) is 29.8 Å². The smallest absolute Gasteiger partial charge is 0.182 e. The molecule has 122 valence electrons. The first-order valence-corrected chi connectivity index (χ1v) is 8.23. The van der Waals surface area contributed by atoms with Gasteiger partial charge in [0.1, 0.15) is 0 Å². The summed E-state index contributed by atoms with van der Waals surface area (Å²) in [6, 6.07) is 8.02. The highest BCUT2D eigenvalue weighted by Gasteiger charge is 2.33. The highest BCUT2D eigenvalue weighted by molar-refractivity contribution is 6.02. The standard InChI is InChI=1S/C18H28N2O2/c1-5-20(6-2)18(3,4)17(21)15-7-9-16(10-8-15)19-11-13-22-14-12-19/h7-10H,5-6,11-14H2,1-4H3. The molecular weight excluding hydrogens is 276 g/mol. The van der Waals surface area contributed by atoms with Gasteiger partial charge in [-0.05, 0) is 51.2 Å². The Morgan fingerprint density at radius 3 is 2.18 bits per heavy atom. The molecule has 0 bridgehead atoms. The fourth-order valence-electron chi connectivity index (χ4n) is 3.16. The fourth-order valence-corrected chi connectivity index (χ4v) is 3.16. The number of morpholine rings is 1. The third-order valence-corrected chi connectivity index (χ3v) is 4.62. The van der Waals surface area contributed by atoms with Crippen molar-refractivity contribution in [2.24, 2.45) is 0 Å². The van der Waals surface area contributed by atoms with E-state index in [0.717, 1.165) is 45.0 Å². The first-order chi connectivity index (χ1) is 10.5. The van der Waals surface area contributed by atoms with E-state index in [1.807, 2.05) is 26.0 Å². The summed E-state index contributed by atoms with van der Waals surface area (Å²) in [7, 11) is 0. The van der Waals surface area contributed by atoms with Crippen LogP contribution in [0.2, 0.25) is 0 Å². The summed E-state index contributed by atoms with van der Waals surface area (Å²) in [4.78, 5) is 17.3. The Bertz CT molecular complexity index is 486. The van der Waals surface area contributed by atoms with Gasteiger partial charge in [-0.25, -0.2) is 0 Å². The highest BCUT2D eigenvalue weighted by atomic mass is 16.5. The molecule has 0 N–H and O–H groups in total. The van der Waals surface area contributed by atoms with Crippen molar-refractivity contribution in [3.63, 3.8) is 0 Å². The van der Waals surface area contributed by atoms with Gasteiger partial charge in [0.05, 0.1) is 18.8 Å². The maximum absolute atomic E-state index is 12.8. The van der Waals surface area contributed by atoms with Gasteiger partial charge in [-0.15, -0.1) is 0 Å². The molecule has 22 heavy (non-hydrogen) atoms. The zero-order valence-electron chi connectivity index (χ0n) is 14.3. The van der Waals surface area contributed by atoms with Gasteiger partial charge in [-0.2, -0.15) is 0 Å². The molecule has 0 atom stereocenters. The molecule has 2 rings (SSSR count). The van der Waals surface area contributed by atoms with Crippen LogP contribution < -0.4 is 4.90 Å². The second-order valence-electron chi connectivity index (χ2n) is 6.21. The molecule has 0 spiro atoms. The first-order valence-electron chi connectivity index (χ1n) is 8.23. The number of nitrogens with zero attached hydrogens (tertiary/aromatic N) is 2.